The molecule has 0 aliphatic rings. The summed E-state index contributed by atoms with van der Waals surface area (Å²) in [7, 11) is 0. The van der Waals surface area contributed by atoms with Crippen LogP contribution in [0.3, 0.4) is 0 Å². The summed E-state index contributed by atoms with van der Waals surface area (Å²) in [6.07, 6.45) is 1.52. The van der Waals surface area contributed by atoms with E-state index >= 15 is 0 Å². The van der Waals surface area contributed by atoms with Crippen molar-refractivity contribution in [1.29, 1.82) is 0 Å². The standard InChI is InChI=1S/C23H25ClFNO5/c1-4-26(5-2)22(27)11-15(3)16-9-10-20(21(12-16)31-14-23(28)29)30-13-17-18(24)7-6-8-19(17)25/h6-12H,4-5,13-14H2,1-3H3,(H,28,29)/b15-11+. The van der Waals surface area contributed by atoms with Crippen molar-refractivity contribution in [3.8, 4) is 11.5 Å². The van der Waals surface area contributed by atoms with Crippen LogP contribution in [0.5, 0.6) is 11.5 Å². The van der Waals surface area contributed by atoms with Gasteiger partial charge >= 0.3 is 5.97 Å². The number of benzene rings is 2. The fourth-order valence-electron chi connectivity index (χ4n) is 2.84. The van der Waals surface area contributed by atoms with Gasteiger partial charge in [-0.2, -0.15) is 0 Å². The Bertz CT molecular complexity index is 952. The summed E-state index contributed by atoms with van der Waals surface area (Å²) in [6, 6.07) is 9.20. The van der Waals surface area contributed by atoms with Gasteiger partial charge in [-0.3, -0.25) is 4.79 Å². The van der Waals surface area contributed by atoms with Crippen molar-refractivity contribution >= 4 is 29.1 Å². The second-order valence-electron chi connectivity index (χ2n) is 6.67. The van der Waals surface area contributed by atoms with Gasteiger partial charge in [0.05, 0.1) is 5.02 Å². The normalized spacial score (nSPS) is 11.2. The van der Waals surface area contributed by atoms with E-state index in [2.05, 4.69) is 0 Å². The van der Waals surface area contributed by atoms with E-state index in [-0.39, 0.29) is 34.6 Å². The molecule has 0 unspecified atom stereocenters. The molecule has 0 heterocycles. The number of allylic oxidation sites excluding steroid dienone is 1. The molecule has 0 aromatic heterocycles. The topological polar surface area (TPSA) is 76.1 Å². The number of aliphatic carboxylic acids is 1. The zero-order chi connectivity index (χ0) is 23.0. The lowest BCUT2D eigenvalue weighted by molar-refractivity contribution is -0.139. The van der Waals surface area contributed by atoms with Crippen LogP contribution in [0.2, 0.25) is 5.02 Å². The molecular formula is C23H25ClFNO5. The molecule has 0 radical (unpaired) electrons. The van der Waals surface area contributed by atoms with Crippen LogP contribution in [0.25, 0.3) is 5.57 Å². The number of hydrogen-bond acceptors (Lipinski definition) is 4. The molecule has 0 aliphatic carbocycles. The third kappa shape index (κ3) is 6.72. The maximum Gasteiger partial charge on any atom is 0.341 e. The maximum atomic E-state index is 14.0. The molecule has 1 N–H and O–H groups in total. The predicted octanol–water partition coefficient (Wildman–Crippen LogP) is 4.79. The predicted molar refractivity (Wildman–Crippen MR) is 117 cm³/mol. The molecule has 0 saturated heterocycles. The molecule has 0 bridgehead atoms. The van der Waals surface area contributed by atoms with Crippen LogP contribution in [0, 0.1) is 5.82 Å². The molecule has 1 amide bonds. The van der Waals surface area contributed by atoms with Crippen molar-refractivity contribution in [3.05, 3.63) is 64.4 Å². The summed E-state index contributed by atoms with van der Waals surface area (Å²) in [4.78, 5) is 25.0. The first-order chi connectivity index (χ1) is 14.8. The quantitative estimate of drug-likeness (QED) is 0.527. The van der Waals surface area contributed by atoms with E-state index in [1.165, 1.54) is 18.2 Å². The fraction of sp³-hybridized carbons (Fsp3) is 0.304. The Hall–Kier alpha value is -3.06. The molecule has 31 heavy (non-hydrogen) atoms. The van der Waals surface area contributed by atoms with Crippen molar-refractivity contribution in [2.24, 2.45) is 0 Å². The second-order valence-corrected chi connectivity index (χ2v) is 7.08. The Morgan fingerprint density at radius 1 is 1.13 bits per heavy atom. The third-order valence-corrected chi connectivity index (χ3v) is 4.95. The summed E-state index contributed by atoms with van der Waals surface area (Å²) in [6.45, 7) is 6.02. The van der Waals surface area contributed by atoms with E-state index in [4.69, 9.17) is 26.2 Å². The zero-order valence-electron chi connectivity index (χ0n) is 17.7. The van der Waals surface area contributed by atoms with E-state index in [0.29, 0.717) is 24.2 Å². The minimum atomic E-state index is -1.16. The van der Waals surface area contributed by atoms with Crippen molar-refractivity contribution < 1.29 is 28.6 Å². The van der Waals surface area contributed by atoms with E-state index in [0.717, 1.165) is 0 Å². The molecule has 166 valence electrons. The molecule has 0 spiro atoms. The average Bonchev–Trinajstić information content (AvgIpc) is 2.73. The summed E-state index contributed by atoms with van der Waals surface area (Å²) in [5.41, 5.74) is 1.52. The van der Waals surface area contributed by atoms with Crippen LogP contribution >= 0.6 is 11.6 Å². The smallest absolute Gasteiger partial charge is 0.341 e. The number of carbonyl (C=O) groups excluding carboxylic acids is 1. The minimum Gasteiger partial charge on any atom is -0.485 e. The Labute approximate surface area is 185 Å². The third-order valence-electron chi connectivity index (χ3n) is 4.60. The largest absolute Gasteiger partial charge is 0.485 e. The number of carboxylic acid groups (broad SMARTS) is 1. The average molecular weight is 450 g/mol. The molecule has 0 aliphatic heterocycles. The van der Waals surface area contributed by atoms with Crippen molar-refractivity contribution in [1.82, 2.24) is 4.90 Å². The highest BCUT2D eigenvalue weighted by Crippen LogP contribution is 2.32. The van der Waals surface area contributed by atoms with Crippen LogP contribution < -0.4 is 9.47 Å². The van der Waals surface area contributed by atoms with Gasteiger partial charge in [0, 0.05) is 24.7 Å². The highest BCUT2D eigenvalue weighted by Gasteiger charge is 2.14. The number of hydrogen-bond donors (Lipinski definition) is 1. The first-order valence-corrected chi connectivity index (χ1v) is 10.2. The van der Waals surface area contributed by atoms with Gasteiger partial charge in [-0.15, -0.1) is 0 Å². The monoisotopic (exact) mass is 449 g/mol. The van der Waals surface area contributed by atoms with Gasteiger partial charge in [0.1, 0.15) is 12.4 Å². The van der Waals surface area contributed by atoms with Crippen molar-refractivity contribution in [2.45, 2.75) is 27.4 Å². The van der Waals surface area contributed by atoms with Gasteiger partial charge in [-0.25, -0.2) is 9.18 Å². The first kappa shape index (κ1) is 24.2. The molecule has 8 heteroatoms. The number of carboxylic acids is 1. The highest BCUT2D eigenvalue weighted by molar-refractivity contribution is 6.31. The zero-order valence-corrected chi connectivity index (χ0v) is 18.4. The van der Waals surface area contributed by atoms with Gasteiger partial charge in [-0.05, 0) is 56.2 Å². The maximum absolute atomic E-state index is 14.0. The lowest BCUT2D eigenvalue weighted by Crippen LogP contribution is -2.28. The lowest BCUT2D eigenvalue weighted by Gasteiger charge is -2.17. The Kier molecular flexibility index (Phi) is 8.88. The van der Waals surface area contributed by atoms with Crippen LogP contribution in [0.4, 0.5) is 4.39 Å². The van der Waals surface area contributed by atoms with Gasteiger partial charge < -0.3 is 19.5 Å². The van der Waals surface area contributed by atoms with Crippen molar-refractivity contribution in [3.63, 3.8) is 0 Å². The molecule has 0 fully saturated rings. The number of rotatable bonds is 10. The van der Waals surface area contributed by atoms with E-state index in [9.17, 15) is 14.0 Å². The molecular weight excluding hydrogens is 425 g/mol. The Balaban J connectivity index is 2.30. The Morgan fingerprint density at radius 2 is 1.84 bits per heavy atom. The minimum absolute atomic E-state index is 0.120. The number of nitrogens with zero attached hydrogens (tertiary/aromatic N) is 1. The van der Waals surface area contributed by atoms with Crippen LogP contribution in [-0.4, -0.2) is 41.6 Å². The summed E-state index contributed by atoms with van der Waals surface area (Å²) < 4.78 is 25.0. The SMILES string of the molecule is CCN(CC)C(=O)/C=C(\C)c1ccc(OCc2c(F)cccc2Cl)c(OCC(=O)O)c1. The van der Waals surface area contributed by atoms with Crippen molar-refractivity contribution in [2.75, 3.05) is 19.7 Å². The number of ether oxygens (including phenoxy) is 2. The van der Waals surface area contributed by atoms with Crippen LogP contribution in [0.15, 0.2) is 42.5 Å². The molecule has 0 saturated carbocycles. The Morgan fingerprint density at radius 3 is 2.45 bits per heavy atom. The highest BCUT2D eigenvalue weighted by atomic mass is 35.5. The molecule has 2 rings (SSSR count). The number of carbonyl (C=O) groups is 2. The van der Waals surface area contributed by atoms with Gasteiger partial charge in [0.25, 0.3) is 0 Å². The second kappa shape index (κ2) is 11.4. The van der Waals surface area contributed by atoms with Gasteiger partial charge in [0.2, 0.25) is 5.91 Å². The van der Waals surface area contributed by atoms with E-state index in [1.807, 2.05) is 13.8 Å². The summed E-state index contributed by atoms with van der Waals surface area (Å²) >= 11 is 6.03. The van der Waals surface area contributed by atoms with E-state index in [1.54, 1.807) is 36.1 Å². The fourth-order valence-corrected chi connectivity index (χ4v) is 3.06. The van der Waals surface area contributed by atoms with Crippen LogP contribution in [0.1, 0.15) is 31.9 Å². The first-order valence-electron chi connectivity index (χ1n) is 9.78. The van der Waals surface area contributed by atoms with Crippen LogP contribution in [-0.2, 0) is 16.2 Å². The number of amides is 1. The summed E-state index contributed by atoms with van der Waals surface area (Å²) in [5, 5.41) is 9.19. The summed E-state index contributed by atoms with van der Waals surface area (Å²) in [5.74, 6) is -1.39. The number of halogens is 2. The number of likely N-dealkylation sites (N-methyl/N-ethyl adjacent to an activating group) is 1. The van der Waals surface area contributed by atoms with Gasteiger partial charge in [-0.1, -0.05) is 23.7 Å². The molecule has 2 aromatic rings. The molecule has 2 aromatic carbocycles. The molecule has 0 atom stereocenters. The lowest BCUT2D eigenvalue weighted by atomic mass is 10.1. The van der Waals surface area contributed by atoms with E-state index < -0.39 is 18.4 Å². The molecule has 6 nitrogen and oxygen atoms in total. The van der Waals surface area contributed by atoms with Gasteiger partial charge in [0.15, 0.2) is 18.1 Å².